The highest BCUT2D eigenvalue weighted by Crippen LogP contribution is 2.28. The Morgan fingerprint density at radius 1 is 1.33 bits per heavy atom. The largest absolute Gasteiger partial charge is 0.424 e. The maximum Gasteiger partial charge on any atom is 0.232 e. The smallest absolute Gasteiger partial charge is 0.232 e. The zero-order chi connectivity index (χ0) is 16.6. The third kappa shape index (κ3) is 4.60. The van der Waals surface area contributed by atoms with Crippen LogP contribution in [0.1, 0.15) is 56.5 Å². The van der Waals surface area contributed by atoms with E-state index in [1.165, 1.54) is 32.1 Å². The van der Waals surface area contributed by atoms with E-state index in [1.54, 1.807) is 12.5 Å². The third-order valence-corrected chi connectivity index (χ3v) is 4.71. The first-order chi connectivity index (χ1) is 11.8. The number of aromatic nitrogens is 3. The fraction of sp³-hybridized carbons (Fsp3) is 0.611. The van der Waals surface area contributed by atoms with Gasteiger partial charge in [0.05, 0.1) is 6.33 Å². The molecule has 0 unspecified atom stereocenters. The first kappa shape index (κ1) is 16.6. The molecule has 0 saturated heterocycles. The van der Waals surface area contributed by atoms with E-state index in [1.807, 2.05) is 10.8 Å². The molecule has 6 nitrogen and oxygen atoms in total. The van der Waals surface area contributed by atoms with E-state index in [-0.39, 0.29) is 0 Å². The van der Waals surface area contributed by atoms with Crippen LogP contribution in [0.2, 0.25) is 0 Å². The van der Waals surface area contributed by atoms with Crippen molar-refractivity contribution in [3.8, 4) is 6.07 Å². The zero-order valence-corrected chi connectivity index (χ0v) is 14.1. The normalized spacial score (nSPS) is 15.3. The van der Waals surface area contributed by atoms with Gasteiger partial charge in [0.2, 0.25) is 11.6 Å². The standard InChI is InChI=1S/C18H25N5O/c19-13-16-18(21-9-4-11-23-12-10-20-14-23)24-17(22-16)8-7-15-5-2-1-3-6-15/h10,12,14-15,21H,1-9,11H2. The van der Waals surface area contributed by atoms with Crippen LogP contribution in [0.4, 0.5) is 5.88 Å². The molecule has 0 amide bonds. The Hall–Kier alpha value is -2.29. The number of anilines is 1. The van der Waals surface area contributed by atoms with E-state index in [9.17, 15) is 5.26 Å². The van der Waals surface area contributed by atoms with Crippen LogP contribution < -0.4 is 5.32 Å². The lowest BCUT2D eigenvalue weighted by molar-refractivity contribution is 0.329. The number of nitriles is 1. The van der Waals surface area contributed by atoms with Crippen molar-refractivity contribution in [2.45, 2.75) is 57.9 Å². The van der Waals surface area contributed by atoms with Crippen LogP contribution in [0, 0.1) is 17.2 Å². The lowest BCUT2D eigenvalue weighted by atomic mass is 9.86. The molecule has 1 aliphatic carbocycles. The van der Waals surface area contributed by atoms with Crippen LogP contribution in [0.5, 0.6) is 0 Å². The summed E-state index contributed by atoms with van der Waals surface area (Å²) in [5, 5.41) is 12.4. The summed E-state index contributed by atoms with van der Waals surface area (Å²) in [4.78, 5) is 8.36. The number of aryl methyl sites for hydroxylation is 2. The van der Waals surface area contributed by atoms with E-state index in [4.69, 9.17) is 4.42 Å². The van der Waals surface area contributed by atoms with Gasteiger partial charge in [0.1, 0.15) is 6.07 Å². The minimum Gasteiger partial charge on any atom is -0.424 e. The van der Waals surface area contributed by atoms with E-state index in [0.717, 1.165) is 38.3 Å². The lowest BCUT2D eigenvalue weighted by Gasteiger charge is -2.20. The SMILES string of the molecule is N#Cc1nc(CCC2CCCCC2)oc1NCCCn1ccnc1. The number of nitrogens with one attached hydrogen (secondary N) is 1. The van der Waals surface area contributed by atoms with Gasteiger partial charge in [0.25, 0.3) is 0 Å². The molecule has 2 heterocycles. The lowest BCUT2D eigenvalue weighted by Crippen LogP contribution is -2.07. The van der Waals surface area contributed by atoms with Crippen LogP contribution in [0.3, 0.4) is 0 Å². The van der Waals surface area contributed by atoms with Crippen molar-refractivity contribution in [3.05, 3.63) is 30.3 Å². The second-order valence-corrected chi connectivity index (χ2v) is 6.52. The van der Waals surface area contributed by atoms with Crippen molar-refractivity contribution >= 4 is 5.88 Å². The van der Waals surface area contributed by atoms with E-state index >= 15 is 0 Å². The summed E-state index contributed by atoms with van der Waals surface area (Å²) in [5.41, 5.74) is 0.372. The molecule has 1 N–H and O–H groups in total. The highest BCUT2D eigenvalue weighted by atomic mass is 16.4. The quantitative estimate of drug-likeness (QED) is 0.747. The molecular weight excluding hydrogens is 302 g/mol. The number of hydrogen-bond acceptors (Lipinski definition) is 5. The Bertz CT molecular complexity index is 650. The predicted molar refractivity (Wildman–Crippen MR) is 91.4 cm³/mol. The van der Waals surface area contributed by atoms with Crippen LogP contribution >= 0.6 is 0 Å². The molecule has 6 heteroatoms. The van der Waals surface area contributed by atoms with Crippen molar-refractivity contribution in [1.29, 1.82) is 5.26 Å². The number of nitrogens with zero attached hydrogens (tertiary/aromatic N) is 4. The molecule has 2 aromatic rings. The van der Waals surface area contributed by atoms with Crippen LogP contribution in [-0.4, -0.2) is 21.1 Å². The van der Waals surface area contributed by atoms with Crippen LogP contribution in [-0.2, 0) is 13.0 Å². The summed E-state index contributed by atoms with van der Waals surface area (Å²) >= 11 is 0. The van der Waals surface area contributed by atoms with Crippen molar-refractivity contribution in [2.24, 2.45) is 5.92 Å². The Morgan fingerprint density at radius 3 is 2.96 bits per heavy atom. The zero-order valence-electron chi connectivity index (χ0n) is 14.1. The van der Waals surface area contributed by atoms with Crippen molar-refractivity contribution < 1.29 is 4.42 Å². The van der Waals surface area contributed by atoms with E-state index < -0.39 is 0 Å². The fourth-order valence-corrected chi connectivity index (χ4v) is 3.35. The first-order valence-electron chi connectivity index (χ1n) is 8.94. The maximum atomic E-state index is 9.23. The van der Waals surface area contributed by atoms with Gasteiger partial charge in [-0.15, -0.1) is 0 Å². The van der Waals surface area contributed by atoms with Crippen molar-refractivity contribution in [1.82, 2.24) is 14.5 Å². The molecule has 0 aliphatic heterocycles. The molecule has 128 valence electrons. The summed E-state index contributed by atoms with van der Waals surface area (Å²) in [6.07, 6.45) is 15.1. The average molecular weight is 327 g/mol. The highest BCUT2D eigenvalue weighted by Gasteiger charge is 2.17. The molecule has 1 fully saturated rings. The van der Waals surface area contributed by atoms with Gasteiger partial charge in [-0.1, -0.05) is 32.1 Å². The highest BCUT2D eigenvalue weighted by molar-refractivity contribution is 5.45. The monoisotopic (exact) mass is 327 g/mol. The minimum absolute atomic E-state index is 0.372. The van der Waals surface area contributed by atoms with Gasteiger partial charge < -0.3 is 14.3 Å². The molecule has 1 aliphatic rings. The van der Waals surface area contributed by atoms with Crippen LogP contribution in [0.25, 0.3) is 0 Å². The summed E-state index contributed by atoms with van der Waals surface area (Å²) in [6, 6.07) is 2.13. The molecule has 3 rings (SSSR count). The molecule has 0 atom stereocenters. The van der Waals surface area contributed by atoms with Gasteiger partial charge in [0, 0.05) is 31.9 Å². The van der Waals surface area contributed by atoms with Crippen LogP contribution in [0.15, 0.2) is 23.1 Å². The Kier molecular flexibility index (Phi) is 5.89. The third-order valence-electron chi connectivity index (χ3n) is 4.71. The fourth-order valence-electron chi connectivity index (χ4n) is 3.35. The van der Waals surface area contributed by atoms with E-state index in [2.05, 4.69) is 21.4 Å². The number of oxazole rings is 1. The van der Waals surface area contributed by atoms with Gasteiger partial charge in [0.15, 0.2) is 5.89 Å². The van der Waals surface area contributed by atoms with E-state index in [0.29, 0.717) is 17.5 Å². The number of hydrogen-bond donors (Lipinski definition) is 1. The summed E-state index contributed by atoms with van der Waals surface area (Å²) in [6.45, 7) is 1.63. The molecule has 2 aromatic heterocycles. The second-order valence-electron chi connectivity index (χ2n) is 6.52. The van der Waals surface area contributed by atoms with Gasteiger partial charge in [-0.05, 0) is 18.8 Å². The van der Waals surface area contributed by atoms with Gasteiger partial charge in [-0.25, -0.2) is 9.97 Å². The first-order valence-corrected chi connectivity index (χ1v) is 8.94. The molecule has 24 heavy (non-hydrogen) atoms. The Balaban J connectivity index is 1.46. The maximum absolute atomic E-state index is 9.23. The molecular formula is C18H25N5O. The molecule has 0 spiro atoms. The molecule has 1 saturated carbocycles. The Morgan fingerprint density at radius 2 is 2.21 bits per heavy atom. The minimum atomic E-state index is 0.372. The van der Waals surface area contributed by atoms with Crippen molar-refractivity contribution in [2.75, 3.05) is 11.9 Å². The van der Waals surface area contributed by atoms with Gasteiger partial charge in [-0.2, -0.15) is 5.26 Å². The summed E-state index contributed by atoms with van der Waals surface area (Å²) in [5.74, 6) is 2.00. The van der Waals surface area contributed by atoms with Crippen molar-refractivity contribution in [3.63, 3.8) is 0 Å². The molecule has 0 bridgehead atoms. The molecule has 0 radical (unpaired) electrons. The number of imidazole rings is 1. The van der Waals surface area contributed by atoms with Gasteiger partial charge >= 0.3 is 0 Å². The Labute approximate surface area is 142 Å². The summed E-state index contributed by atoms with van der Waals surface area (Å²) in [7, 11) is 0. The second kappa shape index (κ2) is 8.53. The van der Waals surface area contributed by atoms with Gasteiger partial charge in [-0.3, -0.25) is 0 Å². The topological polar surface area (TPSA) is 79.7 Å². The number of rotatable bonds is 8. The average Bonchev–Trinajstić information content (AvgIpc) is 3.27. The summed E-state index contributed by atoms with van der Waals surface area (Å²) < 4.78 is 7.80. The molecule has 0 aromatic carbocycles. The predicted octanol–water partition coefficient (Wildman–Crippen LogP) is 3.76.